The highest BCUT2D eigenvalue weighted by molar-refractivity contribution is 5.94. The van der Waals surface area contributed by atoms with E-state index in [1.54, 1.807) is 12.3 Å². The lowest BCUT2D eigenvalue weighted by atomic mass is 10.1. The number of carbonyl (C=O) groups is 1. The van der Waals surface area contributed by atoms with Gasteiger partial charge in [-0.1, -0.05) is 54.6 Å². The van der Waals surface area contributed by atoms with Crippen LogP contribution in [0.25, 0.3) is 0 Å². The second-order valence-electron chi connectivity index (χ2n) is 6.20. The Morgan fingerprint density at radius 2 is 1.73 bits per heavy atom. The van der Waals surface area contributed by atoms with Crippen molar-refractivity contribution in [2.75, 3.05) is 11.9 Å². The topological polar surface area (TPSA) is 54.0 Å². The maximum absolute atomic E-state index is 12.2. The molecule has 0 aliphatic heterocycles. The van der Waals surface area contributed by atoms with Gasteiger partial charge in [-0.05, 0) is 42.2 Å². The molecule has 0 radical (unpaired) electrons. The fourth-order valence-corrected chi connectivity index (χ4v) is 2.69. The number of hydrogen-bond acceptors (Lipinski definition) is 3. The standard InChI is InChI=1S/C22H23N3O/c1-17-7-5-6-10-19(17)15-24-21-12-11-20(16-25-21)22(26)23-14-13-18-8-3-2-4-9-18/h2-12,16H,13-15H2,1H3,(H,23,26)(H,24,25). The molecule has 3 rings (SSSR count). The molecule has 1 aromatic heterocycles. The van der Waals surface area contributed by atoms with Crippen LogP contribution in [0, 0.1) is 6.92 Å². The molecule has 0 atom stereocenters. The Balaban J connectivity index is 1.49. The second kappa shape index (κ2) is 8.81. The Morgan fingerprint density at radius 3 is 2.46 bits per heavy atom. The number of aryl methyl sites for hydroxylation is 1. The molecule has 0 spiro atoms. The van der Waals surface area contributed by atoms with Gasteiger partial charge in [0.1, 0.15) is 5.82 Å². The number of carbonyl (C=O) groups excluding carboxylic acids is 1. The summed E-state index contributed by atoms with van der Waals surface area (Å²) in [5.41, 5.74) is 4.26. The third kappa shape index (κ3) is 4.93. The summed E-state index contributed by atoms with van der Waals surface area (Å²) in [5.74, 6) is 0.660. The molecule has 0 aliphatic rings. The molecule has 132 valence electrons. The highest BCUT2D eigenvalue weighted by Gasteiger charge is 2.06. The predicted octanol–water partition coefficient (Wildman–Crippen LogP) is 3.97. The zero-order valence-electron chi connectivity index (χ0n) is 14.9. The van der Waals surface area contributed by atoms with Crippen molar-refractivity contribution in [3.63, 3.8) is 0 Å². The van der Waals surface area contributed by atoms with E-state index in [1.807, 2.05) is 36.4 Å². The molecule has 4 heteroatoms. The van der Waals surface area contributed by atoms with Crippen molar-refractivity contribution in [3.05, 3.63) is 95.2 Å². The number of nitrogens with zero attached hydrogens (tertiary/aromatic N) is 1. The fraction of sp³-hybridized carbons (Fsp3) is 0.182. The molecule has 0 unspecified atom stereocenters. The van der Waals surface area contributed by atoms with E-state index in [9.17, 15) is 4.79 Å². The molecule has 1 amide bonds. The number of anilines is 1. The second-order valence-corrected chi connectivity index (χ2v) is 6.20. The molecule has 4 nitrogen and oxygen atoms in total. The maximum atomic E-state index is 12.2. The van der Waals surface area contributed by atoms with E-state index in [0.717, 1.165) is 12.2 Å². The minimum absolute atomic E-state index is 0.0983. The molecule has 26 heavy (non-hydrogen) atoms. The molecular formula is C22H23N3O. The average Bonchev–Trinajstić information content (AvgIpc) is 2.68. The Labute approximate surface area is 154 Å². The van der Waals surface area contributed by atoms with Gasteiger partial charge in [0, 0.05) is 19.3 Å². The lowest BCUT2D eigenvalue weighted by Crippen LogP contribution is -2.25. The molecule has 0 aliphatic carbocycles. The van der Waals surface area contributed by atoms with Crippen LogP contribution in [0.3, 0.4) is 0 Å². The number of benzene rings is 2. The van der Waals surface area contributed by atoms with Crippen LogP contribution in [-0.2, 0) is 13.0 Å². The SMILES string of the molecule is Cc1ccccc1CNc1ccc(C(=O)NCCc2ccccc2)cn1. The van der Waals surface area contributed by atoms with Gasteiger partial charge in [0.2, 0.25) is 0 Å². The first-order valence-corrected chi connectivity index (χ1v) is 8.79. The Hall–Kier alpha value is -3.14. The van der Waals surface area contributed by atoms with Crippen molar-refractivity contribution >= 4 is 11.7 Å². The number of aromatic nitrogens is 1. The summed E-state index contributed by atoms with van der Waals surface area (Å²) in [6.07, 6.45) is 2.42. The number of hydrogen-bond donors (Lipinski definition) is 2. The molecule has 1 heterocycles. The molecule has 2 N–H and O–H groups in total. The van der Waals surface area contributed by atoms with Gasteiger partial charge < -0.3 is 10.6 Å². The quantitative estimate of drug-likeness (QED) is 0.681. The van der Waals surface area contributed by atoms with Gasteiger partial charge in [-0.3, -0.25) is 4.79 Å². The monoisotopic (exact) mass is 345 g/mol. The van der Waals surface area contributed by atoms with E-state index in [0.29, 0.717) is 18.7 Å². The van der Waals surface area contributed by atoms with E-state index in [2.05, 4.69) is 46.8 Å². The van der Waals surface area contributed by atoms with E-state index >= 15 is 0 Å². The zero-order chi connectivity index (χ0) is 18.2. The summed E-state index contributed by atoms with van der Waals surface area (Å²) in [5, 5.41) is 6.22. The first kappa shape index (κ1) is 17.7. The molecule has 3 aromatic rings. The highest BCUT2D eigenvalue weighted by atomic mass is 16.1. The zero-order valence-corrected chi connectivity index (χ0v) is 14.9. The predicted molar refractivity (Wildman–Crippen MR) is 105 cm³/mol. The van der Waals surface area contributed by atoms with Gasteiger partial charge >= 0.3 is 0 Å². The molecule has 0 bridgehead atoms. The summed E-state index contributed by atoms with van der Waals surface area (Å²) in [7, 11) is 0. The van der Waals surface area contributed by atoms with E-state index < -0.39 is 0 Å². The lowest BCUT2D eigenvalue weighted by Gasteiger charge is -2.09. The summed E-state index contributed by atoms with van der Waals surface area (Å²) in [6.45, 7) is 3.41. The maximum Gasteiger partial charge on any atom is 0.252 e. The van der Waals surface area contributed by atoms with Crippen LogP contribution in [0.2, 0.25) is 0 Å². The largest absolute Gasteiger partial charge is 0.366 e. The Bertz CT molecular complexity index is 845. The van der Waals surface area contributed by atoms with E-state index in [4.69, 9.17) is 0 Å². The van der Waals surface area contributed by atoms with Crippen LogP contribution in [-0.4, -0.2) is 17.4 Å². The highest BCUT2D eigenvalue weighted by Crippen LogP contribution is 2.11. The van der Waals surface area contributed by atoms with Crippen molar-refractivity contribution < 1.29 is 4.79 Å². The van der Waals surface area contributed by atoms with Gasteiger partial charge in [0.05, 0.1) is 5.56 Å². The van der Waals surface area contributed by atoms with Crippen molar-refractivity contribution in [3.8, 4) is 0 Å². The van der Waals surface area contributed by atoms with Gasteiger partial charge in [0.25, 0.3) is 5.91 Å². The Morgan fingerprint density at radius 1 is 0.962 bits per heavy atom. The summed E-state index contributed by atoms with van der Waals surface area (Å²) in [4.78, 5) is 16.5. The van der Waals surface area contributed by atoms with Gasteiger partial charge in [0.15, 0.2) is 0 Å². The van der Waals surface area contributed by atoms with Crippen molar-refractivity contribution in [2.45, 2.75) is 19.9 Å². The van der Waals surface area contributed by atoms with Gasteiger partial charge in [-0.2, -0.15) is 0 Å². The number of amides is 1. The molecule has 2 aromatic carbocycles. The number of nitrogens with one attached hydrogen (secondary N) is 2. The summed E-state index contributed by atoms with van der Waals surface area (Å²) >= 11 is 0. The number of pyridine rings is 1. The minimum atomic E-state index is -0.0983. The van der Waals surface area contributed by atoms with Gasteiger partial charge in [-0.25, -0.2) is 4.98 Å². The third-order valence-electron chi connectivity index (χ3n) is 4.29. The molecule has 0 saturated heterocycles. The van der Waals surface area contributed by atoms with Crippen LogP contribution in [0.5, 0.6) is 0 Å². The van der Waals surface area contributed by atoms with Crippen LogP contribution in [0.4, 0.5) is 5.82 Å². The molecule has 0 fully saturated rings. The van der Waals surface area contributed by atoms with Crippen LogP contribution >= 0.6 is 0 Å². The minimum Gasteiger partial charge on any atom is -0.366 e. The third-order valence-corrected chi connectivity index (χ3v) is 4.29. The molecular weight excluding hydrogens is 322 g/mol. The first-order valence-electron chi connectivity index (χ1n) is 8.79. The number of rotatable bonds is 7. The van der Waals surface area contributed by atoms with Crippen molar-refractivity contribution in [1.29, 1.82) is 0 Å². The van der Waals surface area contributed by atoms with Gasteiger partial charge in [-0.15, -0.1) is 0 Å². The van der Waals surface area contributed by atoms with Crippen molar-refractivity contribution in [2.24, 2.45) is 0 Å². The van der Waals surface area contributed by atoms with Crippen LogP contribution in [0.15, 0.2) is 72.9 Å². The summed E-state index contributed by atoms with van der Waals surface area (Å²) in [6, 6.07) is 22.0. The first-order chi connectivity index (χ1) is 12.7. The molecule has 0 saturated carbocycles. The fourth-order valence-electron chi connectivity index (χ4n) is 2.69. The van der Waals surface area contributed by atoms with Crippen LogP contribution < -0.4 is 10.6 Å². The lowest BCUT2D eigenvalue weighted by molar-refractivity contribution is 0.0954. The van der Waals surface area contributed by atoms with Crippen molar-refractivity contribution in [1.82, 2.24) is 10.3 Å². The normalized spacial score (nSPS) is 10.3. The average molecular weight is 345 g/mol. The van der Waals surface area contributed by atoms with E-state index in [-0.39, 0.29) is 5.91 Å². The van der Waals surface area contributed by atoms with Crippen LogP contribution in [0.1, 0.15) is 27.0 Å². The van der Waals surface area contributed by atoms with E-state index in [1.165, 1.54) is 16.7 Å². The summed E-state index contributed by atoms with van der Waals surface area (Å²) < 4.78 is 0. The Kier molecular flexibility index (Phi) is 5.99. The smallest absolute Gasteiger partial charge is 0.252 e.